The van der Waals surface area contributed by atoms with Crippen LogP contribution in [0.15, 0.2) is 0 Å². The molecule has 0 amide bonds. The summed E-state index contributed by atoms with van der Waals surface area (Å²) >= 11 is 18.0. The van der Waals surface area contributed by atoms with E-state index in [1.54, 1.807) is 0 Å². The van der Waals surface area contributed by atoms with Crippen molar-refractivity contribution in [1.82, 2.24) is 0 Å². The van der Waals surface area contributed by atoms with Gasteiger partial charge in [0.15, 0.2) is 0 Å². The maximum absolute atomic E-state index is 4.49. The molecule has 0 rings (SSSR count). The van der Waals surface area contributed by atoms with Crippen molar-refractivity contribution in [2.45, 2.75) is 0 Å². The van der Waals surface area contributed by atoms with Crippen LogP contribution in [0.2, 0.25) is 0 Å². The van der Waals surface area contributed by atoms with Gasteiger partial charge in [-0.25, -0.2) is 30.6 Å². The van der Waals surface area contributed by atoms with E-state index in [0.717, 1.165) is 22.0 Å². The van der Waals surface area contributed by atoms with Crippen LogP contribution in [0.25, 0.3) is 9.44 Å². The molecule has 0 aliphatic carbocycles. The summed E-state index contributed by atoms with van der Waals surface area (Å²) < 4.78 is 7.58. The van der Waals surface area contributed by atoms with Gasteiger partial charge in [-0.3, -0.25) is 0 Å². The summed E-state index contributed by atoms with van der Waals surface area (Å²) in [6, 6.07) is 0. The SMILES string of the molecule is S=C([S-])[N-]SS[N-]C(=S)[S-].[Mo].[Mo].[Mo].[Mo]. The van der Waals surface area contributed by atoms with Gasteiger partial charge in [-0.15, -0.1) is 0 Å². The molecule has 0 N–H and O–H groups in total. The molecule has 0 aliphatic heterocycles. The Morgan fingerprint density at radius 3 is 1.14 bits per heavy atom. The molecule has 0 aromatic heterocycles. The van der Waals surface area contributed by atoms with E-state index in [1.807, 2.05) is 0 Å². The van der Waals surface area contributed by atoms with Crippen LogP contribution in [0, 0.1) is 0 Å². The van der Waals surface area contributed by atoms with E-state index >= 15 is 0 Å². The Balaban J connectivity index is -0.0000000675. The Bertz CT molecular complexity index is 130. The predicted molar refractivity (Wildman–Crippen MR) is 61.8 cm³/mol. The van der Waals surface area contributed by atoms with E-state index in [-0.39, 0.29) is 92.9 Å². The van der Waals surface area contributed by atoms with E-state index in [9.17, 15) is 0 Å². The fourth-order valence-electron chi connectivity index (χ4n) is 0.0942. The Hall–Kier alpha value is 3.67. The van der Waals surface area contributed by atoms with Crippen LogP contribution in [-0.4, -0.2) is 8.64 Å². The van der Waals surface area contributed by atoms with Crippen molar-refractivity contribution in [1.29, 1.82) is 0 Å². The summed E-state index contributed by atoms with van der Waals surface area (Å²) in [6.07, 6.45) is 0. The molecule has 82 valence electrons. The van der Waals surface area contributed by atoms with Crippen molar-refractivity contribution in [2.75, 3.05) is 0 Å². The first-order chi connectivity index (χ1) is 4.63. The van der Waals surface area contributed by atoms with Crippen LogP contribution >= 0.6 is 46.4 Å². The first-order valence-electron chi connectivity index (χ1n) is 1.80. The zero-order chi connectivity index (χ0) is 7.98. The maximum atomic E-state index is 4.49. The number of hydrogen-bond acceptors (Lipinski definition) is 6. The minimum Gasteiger partial charge on any atom is -0.640 e. The zero-order valence-electron chi connectivity index (χ0n) is 5.98. The summed E-state index contributed by atoms with van der Waals surface area (Å²) in [6.45, 7) is 0. The second-order valence-electron chi connectivity index (χ2n) is 0.863. The normalized spacial score (nSPS) is 6.00. The minimum absolute atomic E-state index is 0. The molecular weight excluding hydrogens is 628 g/mol. The van der Waals surface area contributed by atoms with Gasteiger partial charge in [-0.1, -0.05) is 0 Å². The molecule has 0 aromatic rings. The van der Waals surface area contributed by atoms with E-state index in [4.69, 9.17) is 0 Å². The number of thiocarbonyl (C=S) groups is 2. The summed E-state index contributed by atoms with van der Waals surface area (Å²) in [4.78, 5) is 0. The second kappa shape index (κ2) is 21.9. The van der Waals surface area contributed by atoms with Crippen molar-refractivity contribution in [3.63, 3.8) is 0 Å². The van der Waals surface area contributed by atoms with Gasteiger partial charge in [0.1, 0.15) is 0 Å². The van der Waals surface area contributed by atoms with Crippen molar-refractivity contribution in [3.8, 4) is 0 Å². The predicted octanol–water partition coefficient (Wildman–Crippen LogP) is 2.60. The minimum atomic E-state index is 0. The van der Waals surface area contributed by atoms with Gasteiger partial charge >= 0.3 is 0 Å². The topological polar surface area (TPSA) is 28.2 Å². The summed E-state index contributed by atoms with van der Waals surface area (Å²) in [5.74, 6) is 0. The number of nitrogens with zero attached hydrogens (tertiary/aromatic N) is 2. The van der Waals surface area contributed by atoms with Crippen molar-refractivity contribution < 1.29 is 84.3 Å². The summed E-state index contributed by atoms with van der Waals surface area (Å²) in [5, 5.41) is 0. The quantitative estimate of drug-likeness (QED) is 0.119. The second-order valence-corrected chi connectivity index (χ2v) is 4.48. The van der Waals surface area contributed by atoms with Crippen LogP contribution in [0.1, 0.15) is 0 Å². The van der Waals surface area contributed by atoms with Crippen molar-refractivity contribution in [2.24, 2.45) is 0 Å². The molecule has 0 saturated carbocycles. The maximum Gasteiger partial charge on any atom is 0 e. The van der Waals surface area contributed by atoms with Gasteiger partial charge in [0.25, 0.3) is 0 Å². The molecule has 0 fully saturated rings. The van der Waals surface area contributed by atoms with E-state index in [1.165, 1.54) is 0 Å². The van der Waals surface area contributed by atoms with E-state index < -0.39 is 0 Å². The Morgan fingerprint density at radius 1 is 0.786 bits per heavy atom. The summed E-state index contributed by atoms with van der Waals surface area (Å²) in [5.41, 5.74) is 0. The molecule has 0 spiro atoms. The van der Waals surface area contributed by atoms with Gasteiger partial charge < -0.3 is 59.1 Å². The fraction of sp³-hybridized carbons (Fsp3) is 0. The molecule has 12 heteroatoms. The van der Waals surface area contributed by atoms with Crippen molar-refractivity contribution >= 4 is 80.3 Å². The Labute approximate surface area is 171 Å². The average molecular weight is 628 g/mol. The Morgan fingerprint density at radius 2 is 1.00 bits per heavy atom. The zero-order valence-corrected chi connectivity index (χ0v) is 18.9. The molecule has 0 aliphatic rings. The summed E-state index contributed by atoms with van der Waals surface area (Å²) in [7, 11) is 2.13. The number of rotatable bonds is 3. The molecule has 0 atom stereocenters. The molecule has 2 nitrogen and oxygen atoms in total. The molecular formula is C2Mo4N2S6-4. The molecule has 0 heterocycles. The molecule has 0 bridgehead atoms. The first-order valence-corrected chi connectivity index (χ1v) is 5.49. The molecule has 0 aromatic carbocycles. The van der Waals surface area contributed by atoms with Gasteiger partial charge in [0.05, 0.1) is 0 Å². The average Bonchev–Trinajstić information content (AvgIpc) is 1.79. The van der Waals surface area contributed by atoms with Gasteiger partial charge in [-0.2, -0.15) is 0 Å². The molecule has 0 radical (unpaired) electrons. The molecule has 0 unspecified atom stereocenters. The van der Waals surface area contributed by atoms with Gasteiger partial charge in [0.2, 0.25) is 0 Å². The van der Waals surface area contributed by atoms with Gasteiger partial charge in [0, 0.05) is 84.3 Å². The third-order valence-corrected chi connectivity index (χ3v) is 2.31. The first kappa shape index (κ1) is 30.6. The van der Waals surface area contributed by atoms with Crippen molar-refractivity contribution in [3.05, 3.63) is 9.44 Å². The Kier molecular flexibility index (Phi) is 47.9. The largest absolute Gasteiger partial charge is 0.640 e. The molecule has 14 heavy (non-hydrogen) atoms. The van der Waals surface area contributed by atoms with E-state index in [0.29, 0.717) is 0 Å². The van der Waals surface area contributed by atoms with Gasteiger partial charge in [-0.05, 0) is 0 Å². The van der Waals surface area contributed by atoms with Crippen LogP contribution in [-0.2, 0) is 110 Å². The van der Waals surface area contributed by atoms with E-state index in [2.05, 4.69) is 59.1 Å². The van der Waals surface area contributed by atoms with Crippen LogP contribution in [0.4, 0.5) is 0 Å². The monoisotopic (exact) mass is 635 g/mol. The number of hydrogen-bond donors (Lipinski definition) is 0. The smallest absolute Gasteiger partial charge is 0 e. The third-order valence-electron chi connectivity index (χ3n) is 0.257. The standard InChI is InChI=1S/C2H4N2S6.4Mo/c5-1(6)3-9-10-4-2(7)8;;;;/h(H4,3,4,5,6,7,8);;;;/p-4. The van der Waals surface area contributed by atoms with Crippen LogP contribution in [0.5, 0.6) is 0 Å². The third kappa shape index (κ3) is 29.6. The molecule has 0 saturated heterocycles. The van der Waals surface area contributed by atoms with Crippen LogP contribution in [0.3, 0.4) is 0 Å². The fourth-order valence-corrected chi connectivity index (χ4v) is 1.94. The van der Waals surface area contributed by atoms with Crippen LogP contribution < -0.4 is 0 Å².